The number of rotatable bonds is 5. The molecular formula is C20H18FNO. The smallest absolute Gasteiger partial charge is 0.220 e. The third-order valence-electron chi connectivity index (χ3n) is 3.89. The van der Waals surface area contributed by atoms with Gasteiger partial charge >= 0.3 is 0 Å². The molecule has 116 valence electrons. The van der Waals surface area contributed by atoms with Crippen LogP contribution in [0.2, 0.25) is 0 Å². The van der Waals surface area contributed by atoms with Crippen LogP contribution in [-0.2, 0) is 17.8 Å². The van der Waals surface area contributed by atoms with E-state index in [2.05, 4.69) is 23.5 Å². The molecule has 0 unspecified atom stereocenters. The molecule has 0 fully saturated rings. The van der Waals surface area contributed by atoms with Crippen LogP contribution in [0.25, 0.3) is 10.8 Å². The molecule has 0 heterocycles. The van der Waals surface area contributed by atoms with E-state index in [1.165, 1.54) is 17.5 Å². The number of carbonyl (C=O) groups is 1. The molecule has 23 heavy (non-hydrogen) atoms. The molecular weight excluding hydrogens is 289 g/mol. The van der Waals surface area contributed by atoms with Gasteiger partial charge in [-0.25, -0.2) is 4.39 Å². The average Bonchev–Trinajstić information content (AvgIpc) is 2.58. The fourth-order valence-corrected chi connectivity index (χ4v) is 2.68. The van der Waals surface area contributed by atoms with Crippen LogP contribution in [0.3, 0.4) is 0 Å². The maximum Gasteiger partial charge on any atom is 0.220 e. The second-order valence-electron chi connectivity index (χ2n) is 5.54. The Kier molecular flexibility index (Phi) is 4.67. The van der Waals surface area contributed by atoms with Gasteiger partial charge in [0.15, 0.2) is 0 Å². The van der Waals surface area contributed by atoms with Crippen molar-refractivity contribution < 1.29 is 9.18 Å². The molecule has 3 aromatic carbocycles. The highest BCUT2D eigenvalue weighted by atomic mass is 19.1. The van der Waals surface area contributed by atoms with Crippen LogP contribution in [0.4, 0.5) is 4.39 Å². The van der Waals surface area contributed by atoms with E-state index in [0.717, 1.165) is 16.5 Å². The van der Waals surface area contributed by atoms with E-state index in [-0.39, 0.29) is 11.7 Å². The Bertz CT molecular complexity index is 823. The van der Waals surface area contributed by atoms with Crippen molar-refractivity contribution in [2.75, 3.05) is 0 Å². The van der Waals surface area contributed by atoms with Crippen molar-refractivity contribution in [1.29, 1.82) is 0 Å². The molecule has 0 atom stereocenters. The third kappa shape index (κ3) is 3.95. The molecule has 3 aromatic rings. The largest absolute Gasteiger partial charge is 0.352 e. The molecule has 3 heteroatoms. The standard InChI is InChI=1S/C20H18FNO/c21-18-9-3-5-15(13-18)11-12-20(23)22-14-17-8-4-7-16-6-1-2-10-19(16)17/h1-10,13H,11-12,14H2,(H,22,23). The van der Waals surface area contributed by atoms with Crippen molar-refractivity contribution in [2.45, 2.75) is 19.4 Å². The van der Waals surface area contributed by atoms with Crippen molar-refractivity contribution in [3.63, 3.8) is 0 Å². The number of hydrogen-bond acceptors (Lipinski definition) is 1. The number of amides is 1. The first kappa shape index (κ1) is 15.2. The van der Waals surface area contributed by atoms with E-state index < -0.39 is 0 Å². The quantitative estimate of drug-likeness (QED) is 0.751. The summed E-state index contributed by atoms with van der Waals surface area (Å²) in [6.45, 7) is 0.503. The van der Waals surface area contributed by atoms with Gasteiger partial charge in [0.1, 0.15) is 5.82 Å². The molecule has 2 nitrogen and oxygen atoms in total. The molecule has 0 radical (unpaired) electrons. The Morgan fingerprint density at radius 2 is 1.74 bits per heavy atom. The zero-order valence-electron chi connectivity index (χ0n) is 12.8. The minimum Gasteiger partial charge on any atom is -0.352 e. The van der Waals surface area contributed by atoms with Crippen molar-refractivity contribution in [3.05, 3.63) is 83.7 Å². The van der Waals surface area contributed by atoms with Gasteiger partial charge in [-0.1, -0.05) is 54.6 Å². The predicted octanol–water partition coefficient (Wildman–Crippen LogP) is 4.23. The molecule has 1 amide bonds. The van der Waals surface area contributed by atoms with Crippen LogP contribution in [0.5, 0.6) is 0 Å². The number of benzene rings is 3. The second kappa shape index (κ2) is 7.05. The summed E-state index contributed by atoms with van der Waals surface area (Å²) < 4.78 is 13.1. The number of carbonyl (C=O) groups excluding carboxylic acids is 1. The van der Waals surface area contributed by atoms with E-state index >= 15 is 0 Å². The average molecular weight is 307 g/mol. The molecule has 0 spiro atoms. The summed E-state index contributed by atoms with van der Waals surface area (Å²) in [5, 5.41) is 5.26. The molecule has 3 rings (SSSR count). The lowest BCUT2D eigenvalue weighted by Crippen LogP contribution is -2.23. The van der Waals surface area contributed by atoms with Gasteiger partial charge in [0.2, 0.25) is 5.91 Å². The fraction of sp³-hybridized carbons (Fsp3) is 0.150. The van der Waals surface area contributed by atoms with E-state index in [0.29, 0.717) is 19.4 Å². The summed E-state index contributed by atoms with van der Waals surface area (Å²) in [5.41, 5.74) is 1.94. The predicted molar refractivity (Wildman–Crippen MR) is 90.5 cm³/mol. The van der Waals surface area contributed by atoms with Gasteiger partial charge in [-0.3, -0.25) is 4.79 Å². The zero-order chi connectivity index (χ0) is 16.1. The first-order chi connectivity index (χ1) is 11.2. The van der Waals surface area contributed by atoms with Gasteiger partial charge in [0.05, 0.1) is 0 Å². The van der Waals surface area contributed by atoms with Gasteiger partial charge in [0, 0.05) is 13.0 Å². The summed E-state index contributed by atoms with van der Waals surface area (Å²) in [5.74, 6) is -0.291. The molecule has 0 aromatic heterocycles. The van der Waals surface area contributed by atoms with Crippen molar-refractivity contribution >= 4 is 16.7 Å². The molecule has 1 N–H and O–H groups in total. The van der Waals surface area contributed by atoms with Crippen LogP contribution in [0.1, 0.15) is 17.5 Å². The Morgan fingerprint density at radius 1 is 0.957 bits per heavy atom. The SMILES string of the molecule is O=C(CCc1cccc(F)c1)NCc1cccc2ccccc12. The summed E-state index contributed by atoms with van der Waals surface area (Å²) in [7, 11) is 0. The van der Waals surface area contributed by atoms with Crippen LogP contribution in [-0.4, -0.2) is 5.91 Å². The molecule has 0 bridgehead atoms. The van der Waals surface area contributed by atoms with Crippen LogP contribution < -0.4 is 5.32 Å². The second-order valence-corrected chi connectivity index (χ2v) is 5.54. The van der Waals surface area contributed by atoms with Crippen LogP contribution in [0, 0.1) is 5.82 Å². The lowest BCUT2D eigenvalue weighted by Gasteiger charge is -2.08. The van der Waals surface area contributed by atoms with E-state index in [9.17, 15) is 9.18 Å². The number of nitrogens with one attached hydrogen (secondary N) is 1. The highest BCUT2D eigenvalue weighted by molar-refractivity contribution is 5.86. The van der Waals surface area contributed by atoms with Gasteiger partial charge in [0.25, 0.3) is 0 Å². The monoisotopic (exact) mass is 307 g/mol. The minimum atomic E-state index is -0.265. The lowest BCUT2D eigenvalue weighted by atomic mass is 10.0. The Hall–Kier alpha value is -2.68. The molecule has 0 saturated carbocycles. The number of aryl methyl sites for hydroxylation is 1. The Morgan fingerprint density at radius 3 is 2.61 bits per heavy atom. The summed E-state index contributed by atoms with van der Waals surface area (Å²) in [4.78, 5) is 12.0. The normalized spacial score (nSPS) is 10.7. The summed E-state index contributed by atoms with van der Waals surface area (Å²) in [6.07, 6.45) is 0.896. The Balaban J connectivity index is 1.58. The van der Waals surface area contributed by atoms with Gasteiger partial charge < -0.3 is 5.32 Å². The third-order valence-corrected chi connectivity index (χ3v) is 3.89. The topological polar surface area (TPSA) is 29.1 Å². The van der Waals surface area contributed by atoms with Crippen LogP contribution in [0.15, 0.2) is 66.7 Å². The number of fused-ring (bicyclic) bond motifs is 1. The van der Waals surface area contributed by atoms with Crippen molar-refractivity contribution in [1.82, 2.24) is 5.32 Å². The van der Waals surface area contributed by atoms with Gasteiger partial charge in [-0.2, -0.15) is 0 Å². The van der Waals surface area contributed by atoms with Crippen molar-refractivity contribution in [2.24, 2.45) is 0 Å². The van der Waals surface area contributed by atoms with E-state index in [4.69, 9.17) is 0 Å². The lowest BCUT2D eigenvalue weighted by molar-refractivity contribution is -0.121. The maximum absolute atomic E-state index is 13.1. The van der Waals surface area contributed by atoms with Crippen molar-refractivity contribution in [3.8, 4) is 0 Å². The van der Waals surface area contributed by atoms with Gasteiger partial charge in [-0.15, -0.1) is 0 Å². The molecule has 0 aliphatic rings. The number of hydrogen-bond donors (Lipinski definition) is 1. The highest BCUT2D eigenvalue weighted by Crippen LogP contribution is 2.18. The Labute approximate surface area is 135 Å². The van der Waals surface area contributed by atoms with Gasteiger partial charge in [-0.05, 0) is 40.5 Å². The first-order valence-corrected chi connectivity index (χ1v) is 7.70. The van der Waals surface area contributed by atoms with E-state index in [1.807, 2.05) is 30.3 Å². The summed E-state index contributed by atoms with van der Waals surface area (Å²) >= 11 is 0. The van der Waals surface area contributed by atoms with Crippen LogP contribution >= 0.6 is 0 Å². The maximum atomic E-state index is 13.1. The first-order valence-electron chi connectivity index (χ1n) is 7.70. The summed E-state index contributed by atoms with van der Waals surface area (Å²) in [6, 6.07) is 20.6. The minimum absolute atomic E-state index is 0.0257. The highest BCUT2D eigenvalue weighted by Gasteiger charge is 2.05. The zero-order valence-corrected chi connectivity index (χ0v) is 12.8. The number of halogens is 1. The van der Waals surface area contributed by atoms with E-state index in [1.54, 1.807) is 6.07 Å². The fourth-order valence-electron chi connectivity index (χ4n) is 2.68. The molecule has 0 aliphatic carbocycles. The molecule has 0 saturated heterocycles. The molecule has 0 aliphatic heterocycles.